The third-order valence-corrected chi connectivity index (χ3v) is 4.12. The molecule has 1 N–H and O–H groups in total. The Morgan fingerprint density at radius 1 is 1.50 bits per heavy atom. The Balaban J connectivity index is 2.04. The molecule has 0 spiro atoms. The van der Waals surface area contributed by atoms with Crippen LogP contribution in [0.25, 0.3) is 0 Å². The predicted molar refractivity (Wildman–Crippen MR) is 84.5 cm³/mol. The molecule has 1 amide bonds. The van der Waals surface area contributed by atoms with E-state index in [1.54, 1.807) is 4.90 Å². The minimum Gasteiger partial charge on any atom is -0.353 e. The molecule has 8 heteroatoms. The number of aromatic nitrogens is 2. The van der Waals surface area contributed by atoms with Crippen LogP contribution < -0.4 is 10.2 Å². The van der Waals surface area contributed by atoms with Crippen LogP contribution in [0.15, 0.2) is 12.3 Å². The van der Waals surface area contributed by atoms with Crippen LogP contribution in [-0.4, -0.2) is 35.0 Å². The molecule has 0 bridgehead atoms. The zero-order chi connectivity index (χ0) is 17.7. The van der Waals surface area contributed by atoms with Gasteiger partial charge in [0.25, 0.3) is 0 Å². The molecule has 2 heterocycles. The van der Waals surface area contributed by atoms with Crippen LogP contribution in [0.3, 0.4) is 0 Å². The molecule has 1 fully saturated rings. The van der Waals surface area contributed by atoms with E-state index in [0.717, 1.165) is 37.9 Å². The first-order chi connectivity index (χ1) is 11.3. The molecule has 1 aromatic rings. The van der Waals surface area contributed by atoms with Gasteiger partial charge >= 0.3 is 6.18 Å². The first-order valence-electron chi connectivity index (χ1n) is 8.26. The quantitative estimate of drug-likeness (QED) is 0.892. The molecule has 2 unspecified atom stereocenters. The van der Waals surface area contributed by atoms with Gasteiger partial charge in [-0.1, -0.05) is 13.3 Å². The second-order valence-electron chi connectivity index (χ2n) is 6.22. The van der Waals surface area contributed by atoms with E-state index in [0.29, 0.717) is 13.1 Å². The highest BCUT2D eigenvalue weighted by Crippen LogP contribution is 2.29. The van der Waals surface area contributed by atoms with Crippen molar-refractivity contribution in [3.05, 3.63) is 18.0 Å². The summed E-state index contributed by atoms with van der Waals surface area (Å²) in [5.41, 5.74) is -0.962. The molecule has 0 radical (unpaired) electrons. The van der Waals surface area contributed by atoms with Gasteiger partial charge in [0.1, 0.15) is 5.69 Å². The molecule has 5 nitrogen and oxygen atoms in total. The van der Waals surface area contributed by atoms with Gasteiger partial charge in [-0.15, -0.1) is 0 Å². The molecular weight excluding hydrogens is 321 g/mol. The maximum absolute atomic E-state index is 12.8. The number of hydrogen-bond acceptors (Lipinski definition) is 4. The van der Waals surface area contributed by atoms with Crippen LogP contribution in [0.2, 0.25) is 0 Å². The summed E-state index contributed by atoms with van der Waals surface area (Å²) in [7, 11) is 0. The first kappa shape index (κ1) is 18.5. The predicted octanol–water partition coefficient (Wildman–Crippen LogP) is 3.02. The minimum atomic E-state index is -4.50. The zero-order valence-corrected chi connectivity index (χ0v) is 13.9. The number of amides is 1. The Labute approximate surface area is 139 Å². The Kier molecular flexibility index (Phi) is 6.01. The lowest BCUT2D eigenvalue weighted by Gasteiger charge is -2.32. The summed E-state index contributed by atoms with van der Waals surface area (Å²) in [6, 6.07) is 0.951. The fourth-order valence-electron chi connectivity index (χ4n) is 2.90. The maximum atomic E-state index is 12.8. The van der Waals surface area contributed by atoms with Gasteiger partial charge in [0.2, 0.25) is 11.9 Å². The van der Waals surface area contributed by atoms with Crippen LogP contribution >= 0.6 is 0 Å². The SMILES string of the molecule is CCCC(C)NC(=O)C1CCCN(c2nccc(C(F)(F)F)n2)C1. The Bertz CT molecular complexity index is 564. The van der Waals surface area contributed by atoms with E-state index in [-0.39, 0.29) is 23.8 Å². The molecule has 1 aliphatic rings. The number of nitrogens with one attached hydrogen (secondary N) is 1. The summed E-state index contributed by atoms with van der Waals surface area (Å²) in [6.07, 6.45) is -0.0623. The van der Waals surface area contributed by atoms with E-state index in [9.17, 15) is 18.0 Å². The number of halogens is 3. The maximum Gasteiger partial charge on any atom is 0.433 e. The van der Waals surface area contributed by atoms with Crippen molar-refractivity contribution in [3.63, 3.8) is 0 Å². The summed E-state index contributed by atoms with van der Waals surface area (Å²) in [5, 5.41) is 2.97. The van der Waals surface area contributed by atoms with Crippen molar-refractivity contribution in [2.45, 2.75) is 51.7 Å². The van der Waals surface area contributed by atoms with Gasteiger partial charge in [0, 0.05) is 25.3 Å². The number of alkyl halides is 3. The second kappa shape index (κ2) is 7.81. The Morgan fingerprint density at radius 2 is 2.25 bits per heavy atom. The molecule has 1 aliphatic heterocycles. The lowest BCUT2D eigenvalue weighted by molar-refractivity contribution is -0.141. The molecule has 2 rings (SSSR count). The van der Waals surface area contributed by atoms with Gasteiger partial charge in [-0.25, -0.2) is 9.97 Å². The van der Waals surface area contributed by atoms with Crippen LogP contribution in [0, 0.1) is 5.92 Å². The van der Waals surface area contributed by atoms with E-state index < -0.39 is 11.9 Å². The number of carbonyl (C=O) groups excluding carboxylic acids is 1. The van der Waals surface area contributed by atoms with E-state index >= 15 is 0 Å². The van der Waals surface area contributed by atoms with E-state index in [2.05, 4.69) is 22.2 Å². The zero-order valence-electron chi connectivity index (χ0n) is 13.9. The average Bonchev–Trinajstić information content (AvgIpc) is 2.54. The number of piperidine rings is 1. The average molecular weight is 344 g/mol. The summed E-state index contributed by atoms with van der Waals surface area (Å²) in [6.45, 7) is 4.90. The van der Waals surface area contributed by atoms with Gasteiger partial charge in [-0.3, -0.25) is 4.79 Å². The van der Waals surface area contributed by atoms with Crippen molar-refractivity contribution >= 4 is 11.9 Å². The smallest absolute Gasteiger partial charge is 0.353 e. The topological polar surface area (TPSA) is 58.1 Å². The van der Waals surface area contributed by atoms with Gasteiger partial charge in [-0.2, -0.15) is 13.2 Å². The summed E-state index contributed by atoms with van der Waals surface area (Å²) >= 11 is 0. The summed E-state index contributed by atoms with van der Waals surface area (Å²) in [5.74, 6) is -0.271. The highest BCUT2D eigenvalue weighted by Gasteiger charge is 2.34. The summed E-state index contributed by atoms with van der Waals surface area (Å²) in [4.78, 5) is 21.5. The van der Waals surface area contributed by atoms with Gasteiger partial charge < -0.3 is 10.2 Å². The van der Waals surface area contributed by atoms with Gasteiger partial charge in [0.05, 0.1) is 5.92 Å². The van der Waals surface area contributed by atoms with Crippen molar-refractivity contribution in [1.29, 1.82) is 0 Å². The second-order valence-corrected chi connectivity index (χ2v) is 6.22. The highest BCUT2D eigenvalue weighted by molar-refractivity contribution is 5.79. The van der Waals surface area contributed by atoms with Crippen molar-refractivity contribution in [1.82, 2.24) is 15.3 Å². The van der Waals surface area contributed by atoms with Crippen LogP contribution in [0.5, 0.6) is 0 Å². The van der Waals surface area contributed by atoms with Crippen molar-refractivity contribution in [2.24, 2.45) is 5.92 Å². The molecule has 2 atom stereocenters. The molecule has 0 saturated carbocycles. The number of carbonyl (C=O) groups is 1. The molecule has 24 heavy (non-hydrogen) atoms. The normalized spacial score (nSPS) is 19.9. The fourth-order valence-corrected chi connectivity index (χ4v) is 2.90. The summed E-state index contributed by atoms with van der Waals surface area (Å²) < 4.78 is 38.3. The highest BCUT2D eigenvalue weighted by atomic mass is 19.4. The molecular formula is C16H23F3N4O. The molecule has 134 valence electrons. The number of hydrogen-bond donors (Lipinski definition) is 1. The van der Waals surface area contributed by atoms with Crippen LogP contribution in [0.4, 0.5) is 19.1 Å². The standard InChI is InChI=1S/C16H23F3N4O/c1-3-5-11(2)21-14(24)12-6-4-9-23(10-12)15-20-8-7-13(22-15)16(17,18)19/h7-8,11-12H,3-6,9-10H2,1-2H3,(H,21,24). The van der Waals surface area contributed by atoms with Gasteiger partial charge in [0.15, 0.2) is 0 Å². The third kappa shape index (κ3) is 4.82. The Morgan fingerprint density at radius 3 is 2.92 bits per heavy atom. The van der Waals surface area contributed by atoms with Crippen molar-refractivity contribution in [3.8, 4) is 0 Å². The largest absolute Gasteiger partial charge is 0.433 e. The van der Waals surface area contributed by atoms with Gasteiger partial charge in [-0.05, 0) is 32.3 Å². The fraction of sp³-hybridized carbons (Fsp3) is 0.688. The van der Waals surface area contributed by atoms with Crippen molar-refractivity contribution in [2.75, 3.05) is 18.0 Å². The number of nitrogens with zero attached hydrogens (tertiary/aromatic N) is 3. The lowest BCUT2D eigenvalue weighted by Crippen LogP contribution is -2.45. The Hall–Kier alpha value is -1.86. The van der Waals surface area contributed by atoms with Crippen LogP contribution in [-0.2, 0) is 11.0 Å². The molecule has 1 saturated heterocycles. The first-order valence-corrected chi connectivity index (χ1v) is 8.26. The number of rotatable bonds is 5. The number of anilines is 1. The van der Waals surface area contributed by atoms with E-state index in [4.69, 9.17) is 0 Å². The van der Waals surface area contributed by atoms with E-state index in [1.807, 2.05) is 6.92 Å². The minimum absolute atomic E-state index is 0.0314. The molecule has 1 aromatic heterocycles. The lowest BCUT2D eigenvalue weighted by atomic mass is 9.97. The molecule has 0 aliphatic carbocycles. The van der Waals surface area contributed by atoms with E-state index in [1.165, 1.54) is 0 Å². The van der Waals surface area contributed by atoms with Crippen molar-refractivity contribution < 1.29 is 18.0 Å². The third-order valence-electron chi connectivity index (χ3n) is 4.12. The monoisotopic (exact) mass is 344 g/mol. The molecule has 0 aromatic carbocycles. The van der Waals surface area contributed by atoms with Crippen LogP contribution in [0.1, 0.15) is 45.2 Å².